The molecule has 196 valence electrons. The number of hydrogen-bond acceptors (Lipinski definition) is 3. The van der Waals surface area contributed by atoms with E-state index >= 15 is 0 Å². The van der Waals surface area contributed by atoms with Crippen molar-refractivity contribution in [1.29, 1.82) is 0 Å². The van der Waals surface area contributed by atoms with Crippen molar-refractivity contribution in [2.75, 3.05) is 13.6 Å². The zero-order valence-corrected chi connectivity index (χ0v) is 22.3. The lowest BCUT2D eigenvalue weighted by molar-refractivity contribution is 0.428. The topological polar surface area (TPSA) is 42.7 Å². The summed E-state index contributed by atoms with van der Waals surface area (Å²) in [5.74, 6) is 0. The predicted octanol–water partition coefficient (Wildman–Crippen LogP) is 7.29. The minimum Gasteiger partial charge on any atom is -0.319 e. The van der Waals surface area contributed by atoms with Crippen LogP contribution in [-0.4, -0.2) is 28.6 Å². The Morgan fingerprint density at radius 3 is 2.15 bits per heavy atom. The quantitative estimate of drug-likeness (QED) is 0.239. The molecule has 0 bridgehead atoms. The van der Waals surface area contributed by atoms with E-state index in [1.165, 1.54) is 16.7 Å². The van der Waals surface area contributed by atoms with Gasteiger partial charge in [0.05, 0.1) is 5.69 Å². The van der Waals surface area contributed by atoms with E-state index in [2.05, 4.69) is 90.2 Å². The first-order chi connectivity index (χ1) is 19.7. The van der Waals surface area contributed by atoms with Crippen molar-refractivity contribution in [3.63, 3.8) is 0 Å². The number of nitrogens with one attached hydrogen (secondary N) is 1. The second-order valence-electron chi connectivity index (χ2n) is 10.6. The summed E-state index contributed by atoms with van der Waals surface area (Å²) in [6.45, 7) is 0.448. The highest BCUT2D eigenvalue weighted by Gasteiger charge is 2.43. The summed E-state index contributed by atoms with van der Waals surface area (Å²) in [5.41, 5.74) is 11.7. The maximum absolute atomic E-state index is 13.1. The first-order valence-electron chi connectivity index (χ1n) is 13.6. The number of alkyl halides is 1. The standard InChI is InChI=1S/C35H29FN4/c1-37-23-35(21-29-6-2-3-8-32(29)35)30-14-16-31(17-15-30)40-38-33-18-13-28(20-34(33)39-40)26-11-9-25(10-12-26)27-7-4-5-24(19-27)22-36/h2-20,37H,21-23H2,1H3. The lowest BCUT2D eigenvalue weighted by atomic mass is 9.60. The minimum absolute atomic E-state index is 0.00658. The van der Waals surface area contributed by atoms with Crippen molar-refractivity contribution in [3.8, 4) is 27.9 Å². The van der Waals surface area contributed by atoms with E-state index in [1.807, 2.05) is 37.4 Å². The molecule has 0 spiro atoms. The summed E-state index contributed by atoms with van der Waals surface area (Å²) >= 11 is 0. The van der Waals surface area contributed by atoms with Crippen LogP contribution in [0.2, 0.25) is 0 Å². The molecule has 5 aromatic carbocycles. The van der Waals surface area contributed by atoms with Gasteiger partial charge in [0, 0.05) is 12.0 Å². The summed E-state index contributed by atoms with van der Waals surface area (Å²) in [7, 11) is 2.02. The van der Waals surface area contributed by atoms with Gasteiger partial charge >= 0.3 is 0 Å². The summed E-state index contributed by atoms with van der Waals surface area (Å²) in [6.07, 6.45) is 1.04. The van der Waals surface area contributed by atoms with Crippen LogP contribution in [0.3, 0.4) is 0 Å². The fraction of sp³-hybridized carbons (Fsp3) is 0.143. The van der Waals surface area contributed by atoms with Crippen LogP contribution in [-0.2, 0) is 18.5 Å². The number of benzene rings is 5. The lowest BCUT2D eigenvalue weighted by Crippen LogP contribution is -2.47. The monoisotopic (exact) mass is 524 g/mol. The Morgan fingerprint density at radius 1 is 0.725 bits per heavy atom. The highest BCUT2D eigenvalue weighted by molar-refractivity contribution is 5.82. The average Bonchev–Trinajstić information content (AvgIpc) is 3.44. The molecule has 0 saturated heterocycles. The van der Waals surface area contributed by atoms with Gasteiger partial charge in [0.15, 0.2) is 0 Å². The van der Waals surface area contributed by atoms with E-state index < -0.39 is 6.67 Å². The Bertz CT molecular complexity index is 1820. The first kappa shape index (κ1) is 24.4. The summed E-state index contributed by atoms with van der Waals surface area (Å²) < 4.78 is 13.1. The molecule has 1 unspecified atom stereocenters. The molecule has 0 aliphatic heterocycles. The summed E-state index contributed by atoms with van der Waals surface area (Å²) in [4.78, 5) is 1.72. The van der Waals surface area contributed by atoms with Gasteiger partial charge in [-0.3, -0.25) is 0 Å². The third kappa shape index (κ3) is 4.10. The van der Waals surface area contributed by atoms with Gasteiger partial charge in [-0.1, -0.05) is 84.9 Å². The third-order valence-electron chi connectivity index (χ3n) is 8.17. The molecule has 40 heavy (non-hydrogen) atoms. The molecular weight excluding hydrogens is 495 g/mol. The van der Waals surface area contributed by atoms with Crippen LogP contribution < -0.4 is 5.32 Å². The zero-order valence-electron chi connectivity index (χ0n) is 22.3. The molecule has 0 amide bonds. The Labute approximate surface area is 233 Å². The summed E-state index contributed by atoms with van der Waals surface area (Å²) in [6, 6.07) is 39.6. The van der Waals surface area contributed by atoms with Crippen LogP contribution in [0, 0.1) is 0 Å². The molecule has 1 aliphatic carbocycles. The van der Waals surface area contributed by atoms with Gasteiger partial charge < -0.3 is 5.32 Å². The molecule has 4 nitrogen and oxygen atoms in total. The number of rotatable bonds is 7. The third-order valence-corrected chi connectivity index (χ3v) is 8.17. The van der Waals surface area contributed by atoms with E-state index in [0.29, 0.717) is 5.56 Å². The second-order valence-corrected chi connectivity index (χ2v) is 10.6. The molecule has 1 heterocycles. The average molecular weight is 525 g/mol. The van der Waals surface area contributed by atoms with E-state index in [1.54, 1.807) is 4.80 Å². The number of halogens is 1. The molecular formula is C35H29FN4. The van der Waals surface area contributed by atoms with Crippen molar-refractivity contribution in [3.05, 3.63) is 138 Å². The number of nitrogens with zero attached hydrogens (tertiary/aromatic N) is 3. The number of likely N-dealkylation sites (N-methyl/N-ethyl adjacent to an activating group) is 1. The SMILES string of the molecule is CNCC1(c2ccc(-n3nc4ccc(-c5ccc(-c6cccc(CF)c6)cc5)cc4n3)cc2)Cc2ccccc21. The molecule has 1 aliphatic rings. The van der Waals surface area contributed by atoms with E-state index in [9.17, 15) is 4.39 Å². The molecule has 1 atom stereocenters. The lowest BCUT2D eigenvalue weighted by Gasteiger charge is -2.45. The van der Waals surface area contributed by atoms with Crippen LogP contribution in [0.4, 0.5) is 4.39 Å². The normalized spacial score (nSPS) is 16.1. The molecule has 6 aromatic rings. The Kier molecular flexibility index (Phi) is 6.02. The van der Waals surface area contributed by atoms with Crippen molar-refractivity contribution < 1.29 is 4.39 Å². The second kappa shape index (κ2) is 9.85. The molecule has 1 aromatic heterocycles. The van der Waals surface area contributed by atoms with Crippen LogP contribution in [0.15, 0.2) is 115 Å². The molecule has 7 rings (SSSR count). The fourth-order valence-corrected chi connectivity index (χ4v) is 6.09. The summed E-state index contributed by atoms with van der Waals surface area (Å²) in [5, 5.41) is 13.0. The molecule has 0 fully saturated rings. The van der Waals surface area contributed by atoms with E-state index in [0.717, 1.165) is 51.9 Å². The van der Waals surface area contributed by atoms with Crippen molar-refractivity contribution in [2.24, 2.45) is 0 Å². The van der Waals surface area contributed by atoms with Crippen LogP contribution in [0.25, 0.3) is 39.0 Å². The van der Waals surface area contributed by atoms with Gasteiger partial charge in [-0.2, -0.15) is 4.80 Å². The van der Waals surface area contributed by atoms with Gasteiger partial charge in [0.1, 0.15) is 17.7 Å². The van der Waals surface area contributed by atoms with Gasteiger partial charge in [0.25, 0.3) is 0 Å². The van der Waals surface area contributed by atoms with E-state index in [4.69, 9.17) is 10.2 Å². The molecule has 5 heteroatoms. The number of hydrogen-bond donors (Lipinski definition) is 1. The molecule has 0 saturated carbocycles. The minimum atomic E-state index is -0.456. The molecule has 0 radical (unpaired) electrons. The Balaban J connectivity index is 1.15. The largest absolute Gasteiger partial charge is 0.319 e. The zero-order chi connectivity index (χ0) is 27.1. The van der Waals surface area contributed by atoms with Gasteiger partial charge in [0.2, 0.25) is 0 Å². The Hall–Kier alpha value is -4.61. The van der Waals surface area contributed by atoms with Crippen LogP contribution in [0.1, 0.15) is 22.3 Å². The fourth-order valence-electron chi connectivity index (χ4n) is 6.09. The maximum atomic E-state index is 13.1. The van der Waals surface area contributed by atoms with Crippen LogP contribution in [0.5, 0.6) is 0 Å². The van der Waals surface area contributed by atoms with Gasteiger partial charge in [-0.25, -0.2) is 4.39 Å². The molecule has 1 N–H and O–H groups in total. The highest BCUT2D eigenvalue weighted by atomic mass is 19.1. The Morgan fingerprint density at radius 2 is 1.43 bits per heavy atom. The van der Waals surface area contributed by atoms with E-state index in [-0.39, 0.29) is 5.41 Å². The van der Waals surface area contributed by atoms with Gasteiger partial charge in [-0.15, -0.1) is 10.2 Å². The smallest absolute Gasteiger partial charge is 0.115 e. The van der Waals surface area contributed by atoms with Crippen LogP contribution >= 0.6 is 0 Å². The van der Waals surface area contributed by atoms with Crippen molar-refractivity contribution in [1.82, 2.24) is 20.3 Å². The first-order valence-corrected chi connectivity index (χ1v) is 13.6. The maximum Gasteiger partial charge on any atom is 0.115 e. The van der Waals surface area contributed by atoms with Gasteiger partial charge in [-0.05, 0) is 88.3 Å². The van der Waals surface area contributed by atoms with Crippen molar-refractivity contribution in [2.45, 2.75) is 18.5 Å². The highest BCUT2D eigenvalue weighted by Crippen LogP contribution is 2.46. The van der Waals surface area contributed by atoms with Crippen molar-refractivity contribution >= 4 is 11.0 Å². The predicted molar refractivity (Wildman–Crippen MR) is 159 cm³/mol. The number of fused-ring (bicyclic) bond motifs is 2. The number of aromatic nitrogens is 3.